The monoisotopic (exact) mass is 292 g/mol. The molecular formula is C15H20N2O4. The van der Waals surface area contributed by atoms with Gasteiger partial charge in [-0.05, 0) is 43.4 Å². The van der Waals surface area contributed by atoms with Gasteiger partial charge in [0.05, 0.1) is 6.04 Å². The number of carboxylic acids is 1. The smallest absolute Gasteiger partial charge is 0.326 e. The third kappa shape index (κ3) is 3.72. The number of hydrogen-bond acceptors (Lipinski definition) is 4. The highest BCUT2D eigenvalue weighted by molar-refractivity contribution is 5.87. The van der Waals surface area contributed by atoms with Crippen molar-refractivity contribution in [2.24, 2.45) is 5.73 Å². The Balaban J connectivity index is 2.03. The highest BCUT2D eigenvalue weighted by atomic mass is 16.4. The predicted molar refractivity (Wildman–Crippen MR) is 76.8 cm³/mol. The van der Waals surface area contributed by atoms with Crippen LogP contribution in [0.2, 0.25) is 0 Å². The van der Waals surface area contributed by atoms with Crippen molar-refractivity contribution in [2.45, 2.75) is 37.8 Å². The average Bonchev–Trinajstić information content (AvgIpc) is 2.48. The molecule has 2 rings (SSSR count). The summed E-state index contributed by atoms with van der Waals surface area (Å²) in [7, 11) is 0. The Hall–Kier alpha value is -2.08. The van der Waals surface area contributed by atoms with Crippen molar-refractivity contribution in [1.82, 2.24) is 4.90 Å². The molecule has 1 unspecified atom stereocenters. The lowest BCUT2D eigenvalue weighted by Gasteiger charge is -2.34. The number of benzene rings is 1. The quantitative estimate of drug-likeness (QED) is 0.759. The Kier molecular flexibility index (Phi) is 4.80. The van der Waals surface area contributed by atoms with E-state index >= 15 is 0 Å². The molecule has 2 atom stereocenters. The molecule has 0 aliphatic carbocycles. The van der Waals surface area contributed by atoms with Gasteiger partial charge < -0.3 is 20.8 Å². The summed E-state index contributed by atoms with van der Waals surface area (Å²) in [5.74, 6) is -1.14. The Bertz CT molecular complexity index is 515. The molecule has 114 valence electrons. The molecular weight excluding hydrogens is 272 g/mol. The van der Waals surface area contributed by atoms with Crippen LogP contribution in [0.25, 0.3) is 0 Å². The lowest BCUT2D eigenvalue weighted by molar-refractivity contribution is -0.152. The third-order valence-corrected chi connectivity index (χ3v) is 3.78. The van der Waals surface area contributed by atoms with E-state index in [0.29, 0.717) is 19.4 Å². The number of aliphatic carboxylic acids is 1. The molecule has 0 aromatic heterocycles. The van der Waals surface area contributed by atoms with Gasteiger partial charge in [-0.3, -0.25) is 4.79 Å². The topological polar surface area (TPSA) is 104 Å². The van der Waals surface area contributed by atoms with Crippen LogP contribution in [-0.4, -0.2) is 45.6 Å². The standard InChI is InChI=1S/C15H20N2O4/c16-12(9-10-4-6-11(18)7-5-10)14(19)17-8-2-1-3-13(17)15(20)21/h4-7,12-13,18H,1-3,8-9,16H2,(H,20,21)/t12-,13?/m1/s1. The fourth-order valence-corrected chi connectivity index (χ4v) is 2.64. The van der Waals surface area contributed by atoms with Gasteiger partial charge in [-0.2, -0.15) is 0 Å². The SMILES string of the molecule is N[C@H](Cc1ccc(O)cc1)C(=O)N1CCCCC1C(=O)O. The zero-order valence-corrected chi connectivity index (χ0v) is 11.7. The lowest BCUT2D eigenvalue weighted by Crippen LogP contribution is -2.54. The molecule has 1 aliphatic heterocycles. The third-order valence-electron chi connectivity index (χ3n) is 3.78. The van der Waals surface area contributed by atoms with Gasteiger partial charge in [0, 0.05) is 6.54 Å². The lowest BCUT2D eigenvalue weighted by atomic mass is 9.99. The minimum absolute atomic E-state index is 0.153. The molecule has 1 fully saturated rings. The average molecular weight is 292 g/mol. The number of piperidine rings is 1. The molecule has 0 bridgehead atoms. The van der Waals surface area contributed by atoms with Crippen LogP contribution in [0, 0.1) is 0 Å². The van der Waals surface area contributed by atoms with Crippen LogP contribution in [0.5, 0.6) is 5.75 Å². The molecule has 1 saturated heterocycles. The number of amides is 1. The molecule has 21 heavy (non-hydrogen) atoms. The largest absolute Gasteiger partial charge is 0.508 e. The van der Waals surface area contributed by atoms with Gasteiger partial charge >= 0.3 is 5.97 Å². The molecule has 0 spiro atoms. The first-order valence-electron chi connectivity index (χ1n) is 7.06. The number of carbonyl (C=O) groups excluding carboxylic acids is 1. The molecule has 0 radical (unpaired) electrons. The van der Waals surface area contributed by atoms with Gasteiger partial charge in [0.1, 0.15) is 11.8 Å². The number of hydrogen-bond donors (Lipinski definition) is 3. The van der Waals surface area contributed by atoms with E-state index in [1.807, 2.05) is 0 Å². The highest BCUT2D eigenvalue weighted by Gasteiger charge is 2.34. The summed E-state index contributed by atoms with van der Waals surface area (Å²) in [5.41, 5.74) is 6.76. The summed E-state index contributed by atoms with van der Waals surface area (Å²) < 4.78 is 0. The number of rotatable bonds is 4. The molecule has 1 aliphatic rings. The summed E-state index contributed by atoms with van der Waals surface area (Å²) in [6.07, 6.45) is 2.42. The second-order valence-electron chi connectivity index (χ2n) is 5.36. The summed E-state index contributed by atoms with van der Waals surface area (Å²) in [5, 5.41) is 18.4. The van der Waals surface area contributed by atoms with E-state index in [9.17, 15) is 19.8 Å². The molecule has 6 heteroatoms. The fraction of sp³-hybridized carbons (Fsp3) is 0.467. The van der Waals surface area contributed by atoms with E-state index < -0.39 is 18.1 Å². The van der Waals surface area contributed by atoms with Crippen LogP contribution >= 0.6 is 0 Å². The molecule has 6 nitrogen and oxygen atoms in total. The number of carbonyl (C=O) groups is 2. The van der Waals surface area contributed by atoms with Crippen molar-refractivity contribution in [3.05, 3.63) is 29.8 Å². The van der Waals surface area contributed by atoms with E-state index in [0.717, 1.165) is 18.4 Å². The maximum absolute atomic E-state index is 12.4. The minimum atomic E-state index is -0.972. The van der Waals surface area contributed by atoms with Crippen LogP contribution in [0.1, 0.15) is 24.8 Å². The van der Waals surface area contributed by atoms with Gasteiger partial charge in [-0.1, -0.05) is 12.1 Å². The zero-order chi connectivity index (χ0) is 15.4. The number of phenolic OH excluding ortho intramolecular Hbond substituents is 1. The molecule has 1 amide bonds. The van der Waals surface area contributed by atoms with Crippen LogP contribution in [-0.2, 0) is 16.0 Å². The van der Waals surface area contributed by atoms with E-state index in [1.54, 1.807) is 12.1 Å². The zero-order valence-electron chi connectivity index (χ0n) is 11.7. The predicted octanol–water partition coefficient (Wildman–Crippen LogP) is 0.728. The Morgan fingerprint density at radius 2 is 1.95 bits per heavy atom. The molecule has 1 heterocycles. The first-order valence-corrected chi connectivity index (χ1v) is 7.06. The van der Waals surface area contributed by atoms with Gasteiger partial charge in [0.15, 0.2) is 0 Å². The molecule has 0 saturated carbocycles. The van der Waals surface area contributed by atoms with E-state index in [2.05, 4.69) is 0 Å². The van der Waals surface area contributed by atoms with Crippen molar-refractivity contribution < 1.29 is 19.8 Å². The second-order valence-corrected chi connectivity index (χ2v) is 5.36. The maximum Gasteiger partial charge on any atom is 0.326 e. The molecule has 1 aromatic carbocycles. The number of aromatic hydroxyl groups is 1. The van der Waals surface area contributed by atoms with Crippen LogP contribution in [0.4, 0.5) is 0 Å². The number of nitrogens with zero attached hydrogens (tertiary/aromatic N) is 1. The summed E-state index contributed by atoms with van der Waals surface area (Å²) in [6.45, 7) is 0.444. The number of likely N-dealkylation sites (tertiary alicyclic amines) is 1. The van der Waals surface area contributed by atoms with Crippen molar-refractivity contribution in [2.75, 3.05) is 6.54 Å². The van der Waals surface area contributed by atoms with Gasteiger partial charge in [0.2, 0.25) is 5.91 Å². The normalized spacial score (nSPS) is 20.0. The Morgan fingerprint density at radius 3 is 2.57 bits per heavy atom. The van der Waals surface area contributed by atoms with Crippen molar-refractivity contribution >= 4 is 11.9 Å². The maximum atomic E-state index is 12.4. The highest BCUT2D eigenvalue weighted by Crippen LogP contribution is 2.19. The number of carboxylic acid groups (broad SMARTS) is 1. The van der Waals surface area contributed by atoms with Crippen molar-refractivity contribution in [1.29, 1.82) is 0 Å². The first-order chi connectivity index (χ1) is 9.99. The van der Waals surface area contributed by atoms with E-state index in [-0.39, 0.29) is 11.7 Å². The minimum Gasteiger partial charge on any atom is -0.508 e. The summed E-state index contributed by atoms with van der Waals surface area (Å²) in [6, 6.07) is 4.94. The van der Waals surface area contributed by atoms with Gasteiger partial charge in [0.25, 0.3) is 0 Å². The van der Waals surface area contributed by atoms with Crippen molar-refractivity contribution in [3.63, 3.8) is 0 Å². The fourth-order valence-electron chi connectivity index (χ4n) is 2.64. The van der Waals surface area contributed by atoms with Crippen molar-refractivity contribution in [3.8, 4) is 5.75 Å². The summed E-state index contributed by atoms with van der Waals surface area (Å²) >= 11 is 0. The number of nitrogens with two attached hydrogens (primary N) is 1. The first kappa shape index (κ1) is 15.3. The Labute approximate surface area is 123 Å². The molecule has 4 N–H and O–H groups in total. The Morgan fingerprint density at radius 1 is 1.29 bits per heavy atom. The van der Waals surface area contributed by atoms with E-state index in [1.165, 1.54) is 17.0 Å². The molecule has 1 aromatic rings. The van der Waals surface area contributed by atoms with Crippen LogP contribution in [0.15, 0.2) is 24.3 Å². The van der Waals surface area contributed by atoms with Gasteiger partial charge in [-0.15, -0.1) is 0 Å². The summed E-state index contributed by atoms with van der Waals surface area (Å²) in [4.78, 5) is 25.0. The van der Waals surface area contributed by atoms with Gasteiger partial charge in [-0.25, -0.2) is 4.79 Å². The second kappa shape index (κ2) is 6.58. The van der Waals surface area contributed by atoms with Crippen LogP contribution < -0.4 is 5.73 Å². The van der Waals surface area contributed by atoms with E-state index in [4.69, 9.17) is 5.73 Å². The number of phenols is 1. The van der Waals surface area contributed by atoms with Crippen LogP contribution in [0.3, 0.4) is 0 Å².